The van der Waals surface area contributed by atoms with E-state index < -0.39 is 0 Å². The molecule has 5 heteroatoms. The van der Waals surface area contributed by atoms with Crippen LogP contribution < -0.4 is 9.47 Å². The van der Waals surface area contributed by atoms with E-state index in [0.29, 0.717) is 29.2 Å². The number of benzene rings is 3. The average Bonchev–Trinajstić information content (AvgIpc) is 3.07. The molecule has 4 aromatic rings. The third-order valence-corrected chi connectivity index (χ3v) is 4.55. The number of imidazole rings is 1. The molecule has 0 N–H and O–H groups in total. The first-order valence-electron chi connectivity index (χ1n) is 8.62. The number of halogens is 1. The molecule has 0 saturated heterocycles. The van der Waals surface area contributed by atoms with Gasteiger partial charge in [-0.05, 0) is 42.0 Å². The predicted molar refractivity (Wildman–Crippen MR) is 104 cm³/mol. The molecule has 0 aliphatic rings. The van der Waals surface area contributed by atoms with Crippen LogP contribution in [0.15, 0.2) is 66.7 Å². The summed E-state index contributed by atoms with van der Waals surface area (Å²) in [6.07, 6.45) is 0. The van der Waals surface area contributed by atoms with Gasteiger partial charge in [-0.2, -0.15) is 0 Å². The van der Waals surface area contributed by atoms with Crippen molar-refractivity contribution in [3.8, 4) is 22.9 Å². The highest BCUT2D eigenvalue weighted by atomic mass is 19.1. The molecule has 1 aromatic heterocycles. The van der Waals surface area contributed by atoms with Gasteiger partial charge in [-0.15, -0.1) is 0 Å². The summed E-state index contributed by atoms with van der Waals surface area (Å²) < 4.78 is 27.3. The lowest BCUT2D eigenvalue weighted by atomic mass is 10.1. The number of hydrogen-bond donors (Lipinski definition) is 0. The molecule has 3 aromatic carbocycles. The van der Waals surface area contributed by atoms with Gasteiger partial charge in [-0.1, -0.05) is 30.3 Å². The summed E-state index contributed by atoms with van der Waals surface area (Å²) in [5, 5.41) is 0. The van der Waals surface area contributed by atoms with Crippen LogP contribution in [-0.2, 0) is 6.54 Å². The lowest BCUT2D eigenvalue weighted by Crippen LogP contribution is -2.03. The van der Waals surface area contributed by atoms with E-state index in [1.54, 1.807) is 26.4 Å². The second-order valence-corrected chi connectivity index (χ2v) is 6.18. The summed E-state index contributed by atoms with van der Waals surface area (Å²) >= 11 is 0. The minimum atomic E-state index is -0.307. The highest BCUT2D eigenvalue weighted by Gasteiger charge is 2.18. The van der Waals surface area contributed by atoms with E-state index in [1.165, 1.54) is 6.07 Å². The van der Waals surface area contributed by atoms with E-state index in [9.17, 15) is 4.39 Å². The highest BCUT2D eigenvalue weighted by molar-refractivity contribution is 5.86. The Morgan fingerprint density at radius 1 is 0.926 bits per heavy atom. The van der Waals surface area contributed by atoms with Crippen LogP contribution in [0.5, 0.6) is 11.5 Å². The Labute approximate surface area is 156 Å². The second-order valence-electron chi connectivity index (χ2n) is 6.18. The second kappa shape index (κ2) is 7.11. The lowest BCUT2D eigenvalue weighted by Gasteiger charge is -2.11. The quantitative estimate of drug-likeness (QED) is 0.506. The van der Waals surface area contributed by atoms with E-state index in [2.05, 4.69) is 0 Å². The van der Waals surface area contributed by atoms with E-state index in [1.807, 2.05) is 53.1 Å². The first-order chi connectivity index (χ1) is 13.2. The van der Waals surface area contributed by atoms with Crippen LogP contribution in [0.2, 0.25) is 0 Å². The molecule has 0 radical (unpaired) electrons. The van der Waals surface area contributed by atoms with Crippen molar-refractivity contribution in [1.29, 1.82) is 0 Å². The number of fused-ring (bicyclic) bond motifs is 1. The first kappa shape index (κ1) is 17.1. The van der Waals surface area contributed by atoms with Crippen molar-refractivity contribution in [3.05, 3.63) is 78.1 Å². The number of para-hydroxylation sites is 1. The Morgan fingerprint density at radius 2 is 1.74 bits per heavy atom. The third-order valence-electron chi connectivity index (χ3n) is 4.55. The number of methoxy groups -OCH3 is 2. The Morgan fingerprint density at radius 3 is 2.52 bits per heavy atom. The number of aromatic nitrogens is 2. The summed E-state index contributed by atoms with van der Waals surface area (Å²) in [5.74, 6) is 1.70. The minimum Gasteiger partial charge on any atom is -0.497 e. The molecule has 27 heavy (non-hydrogen) atoms. The molecule has 0 unspecified atom stereocenters. The Hall–Kier alpha value is -3.34. The predicted octanol–water partition coefficient (Wildman–Crippen LogP) is 4.91. The normalized spacial score (nSPS) is 10.9. The molecular formula is C22H19FN2O2. The molecule has 0 aliphatic carbocycles. The SMILES string of the molecule is COc1cccc(Cn2c(-c3ccccc3F)nc3c(OC)cccc32)c1. The fourth-order valence-electron chi connectivity index (χ4n) is 3.25. The summed E-state index contributed by atoms with van der Waals surface area (Å²) in [4.78, 5) is 4.72. The van der Waals surface area contributed by atoms with Crippen LogP contribution in [0.3, 0.4) is 0 Å². The Kier molecular flexibility index (Phi) is 4.50. The van der Waals surface area contributed by atoms with E-state index in [0.717, 1.165) is 16.8 Å². The number of rotatable bonds is 5. The van der Waals surface area contributed by atoms with Gasteiger partial charge in [0, 0.05) is 6.54 Å². The smallest absolute Gasteiger partial charge is 0.146 e. The van der Waals surface area contributed by atoms with Gasteiger partial charge < -0.3 is 14.0 Å². The van der Waals surface area contributed by atoms with Crippen LogP contribution in [0.25, 0.3) is 22.4 Å². The summed E-state index contributed by atoms with van der Waals surface area (Å²) in [6.45, 7) is 0.532. The summed E-state index contributed by atoms with van der Waals surface area (Å²) in [7, 11) is 3.25. The van der Waals surface area contributed by atoms with Crippen LogP contribution in [0.4, 0.5) is 4.39 Å². The largest absolute Gasteiger partial charge is 0.497 e. The van der Waals surface area contributed by atoms with E-state index in [4.69, 9.17) is 14.5 Å². The molecule has 0 fully saturated rings. The van der Waals surface area contributed by atoms with Gasteiger partial charge in [0.2, 0.25) is 0 Å². The molecule has 0 atom stereocenters. The van der Waals surface area contributed by atoms with Gasteiger partial charge in [0.05, 0.1) is 25.3 Å². The zero-order valence-electron chi connectivity index (χ0n) is 15.1. The molecule has 4 nitrogen and oxygen atoms in total. The molecule has 0 saturated carbocycles. The topological polar surface area (TPSA) is 36.3 Å². The zero-order valence-corrected chi connectivity index (χ0v) is 15.1. The van der Waals surface area contributed by atoms with E-state index >= 15 is 0 Å². The Balaban J connectivity index is 1.93. The van der Waals surface area contributed by atoms with Crippen LogP contribution in [0, 0.1) is 5.82 Å². The van der Waals surface area contributed by atoms with Crippen LogP contribution >= 0.6 is 0 Å². The number of ether oxygens (including phenoxy) is 2. The average molecular weight is 362 g/mol. The first-order valence-corrected chi connectivity index (χ1v) is 8.62. The maximum absolute atomic E-state index is 14.5. The minimum absolute atomic E-state index is 0.307. The van der Waals surface area contributed by atoms with Gasteiger partial charge in [0.15, 0.2) is 0 Å². The standard InChI is InChI=1S/C22H19FN2O2/c1-26-16-8-5-7-15(13-16)14-25-19-11-6-12-20(27-2)21(19)24-22(25)17-9-3-4-10-18(17)23/h3-13H,14H2,1-2H3. The summed E-state index contributed by atoms with van der Waals surface area (Å²) in [5.41, 5.74) is 3.09. The molecule has 136 valence electrons. The van der Waals surface area contributed by atoms with Crippen molar-refractivity contribution in [2.45, 2.75) is 6.54 Å². The van der Waals surface area contributed by atoms with Crippen molar-refractivity contribution < 1.29 is 13.9 Å². The molecule has 0 amide bonds. The zero-order chi connectivity index (χ0) is 18.8. The van der Waals surface area contributed by atoms with Crippen molar-refractivity contribution in [3.63, 3.8) is 0 Å². The number of nitrogens with zero attached hydrogens (tertiary/aromatic N) is 2. The molecule has 0 spiro atoms. The van der Waals surface area contributed by atoms with Gasteiger partial charge in [-0.3, -0.25) is 0 Å². The van der Waals surface area contributed by atoms with Gasteiger partial charge in [0.25, 0.3) is 0 Å². The maximum Gasteiger partial charge on any atom is 0.146 e. The van der Waals surface area contributed by atoms with Gasteiger partial charge in [0.1, 0.15) is 28.7 Å². The highest BCUT2D eigenvalue weighted by Crippen LogP contribution is 2.32. The molecular weight excluding hydrogens is 343 g/mol. The molecule has 1 heterocycles. The van der Waals surface area contributed by atoms with E-state index in [-0.39, 0.29) is 5.82 Å². The van der Waals surface area contributed by atoms with Gasteiger partial charge >= 0.3 is 0 Å². The molecule has 0 bridgehead atoms. The van der Waals surface area contributed by atoms with Gasteiger partial charge in [-0.25, -0.2) is 9.37 Å². The molecule has 4 rings (SSSR count). The lowest BCUT2D eigenvalue weighted by molar-refractivity contribution is 0.414. The number of hydrogen-bond acceptors (Lipinski definition) is 3. The monoisotopic (exact) mass is 362 g/mol. The molecule has 0 aliphatic heterocycles. The van der Waals surface area contributed by atoms with Crippen LogP contribution in [0.1, 0.15) is 5.56 Å². The van der Waals surface area contributed by atoms with Crippen molar-refractivity contribution in [1.82, 2.24) is 9.55 Å². The van der Waals surface area contributed by atoms with Crippen LogP contribution in [-0.4, -0.2) is 23.8 Å². The maximum atomic E-state index is 14.5. The van der Waals surface area contributed by atoms with Crippen molar-refractivity contribution in [2.75, 3.05) is 14.2 Å². The van der Waals surface area contributed by atoms with Crippen molar-refractivity contribution >= 4 is 11.0 Å². The fourth-order valence-corrected chi connectivity index (χ4v) is 3.25. The fraction of sp³-hybridized carbons (Fsp3) is 0.136. The van der Waals surface area contributed by atoms with Crippen molar-refractivity contribution in [2.24, 2.45) is 0 Å². The Bertz CT molecular complexity index is 1100. The third kappa shape index (κ3) is 3.12. The summed E-state index contributed by atoms with van der Waals surface area (Å²) in [6, 6.07) is 20.2.